The molecule has 1 aromatic carbocycles. The first-order valence-electron chi connectivity index (χ1n) is 6.17. The Morgan fingerprint density at radius 2 is 1.90 bits per heavy atom. The molecule has 0 atom stereocenters. The number of aromatic nitrogens is 1. The smallest absolute Gasteiger partial charge is 0.259 e. The molecule has 1 amide bonds. The number of hydrogen-bond donors (Lipinski definition) is 2. The number of hydrogen-bond acceptors (Lipinski definition) is 3. The van der Waals surface area contributed by atoms with Crippen LogP contribution in [0.2, 0.25) is 0 Å². The lowest BCUT2D eigenvalue weighted by Crippen LogP contribution is -2.16. The minimum absolute atomic E-state index is 0.220. The van der Waals surface area contributed by atoms with Crippen molar-refractivity contribution >= 4 is 65.2 Å². The molecular formula is C14H12Br3N3O. The van der Waals surface area contributed by atoms with Gasteiger partial charge in [-0.15, -0.1) is 0 Å². The van der Waals surface area contributed by atoms with Gasteiger partial charge in [-0.05, 0) is 63.0 Å². The van der Waals surface area contributed by atoms with E-state index in [1.165, 1.54) is 0 Å². The normalized spacial score (nSPS) is 10.3. The second-order valence-electron chi connectivity index (χ2n) is 4.13. The third kappa shape index (κ3) is 4.05. The van der Waals surface area contributed by atoms with Gasteiger partial charge in [0, 0.05) is 26.2 Å². The second kappa shape index (κ2) is 7.38. The van der Waals surface area contributed by atoms with Gasteiger partial charge in [0.15, 0.2) is 0 Å². The Balaban J connectivity index is 2.31. The Morgan fingerprint density at radius 1 is 1.24 bits per heavy atom. The number of nitrogens with zero attached hydrogens (tertiary/aromatic N) is 1. The van der Waals surface area contributed by atoms with Crippen LogP contribution in [-0.2, 0) is 0 Å². The van der Waals surface area contributed by atoms with E-state index in [2.05, 4.69) is 63.4 Å². The van der Waals surface area contributed by atoms with Crippen molar-refractivity contribution in [2.24, 2.45) is 0 Å². The molecule has 110 valence electrons. The van der Waals surface area contributed by atoms with E-state index >= 15 is 0 Å². The molecule has 21 heavy (non-hydrogen) atoms. The first-order chi connectivity index (χ1) is 10.0. The molecule has 4 nitrogen and oxygen atoms in total. The SMILES string of the molecule is CCNc1ncccc1C(=O)Nc1c(Br)cc(Br)cc1Br. The fraction of sp³-hybridized carbons (Fsp3) is 0.143. The largest absolute Gasteiger partial charge is 0.370 e. The maximum absolute atomic E-state index is 12.5. The van der Waals surface area contributed by atoms with Crippen molar-refractivity contribution in [3.05, 3.63) is 49.4 Å². The van der Waals surface area contributed by atoms with E-state index in [0.29, 0.717) is 23.6 Å². The van der Waals surface area contributed by atoms with E-state index in [9.17, 15) is 4.79 Å². The van der Waals surface area contributed by atoms with Crippen molar-refractivity contribution in [1.29, 1.82) is 0 Å². The lowest BCUT2D eigenvalue weighted by atomic mass is 10.2. The molecule has 0 saturated carbocycles. The molecule has 7 heteroatoms. The molecule has 0 bridgehead atoms. The average molecular weight is 478 g/mol. The number of nitrogens with one attached hydrogen (secondary N) is 2. The van der Waals surface area contributed by atoms with Crippen LogP contribution < -0.4 is 10.6 Å². The second-order valence-corrected chi connectivity index (χ2v) is 6.75. The summed E-state index contributed by atoms with van der Waals surface area (Å²) in [6, 6.07) is 7.21. The molecule has 0 aliphatic carbocycles. The fourth-order valence-corrected chi connectivity index (χ4v) is 4.20. The van der Waals surface area contributed by atoms with Gasteiger partial charge in [0.2, 0.25) is 0 Å². The van der Waals surface area contributed by atoms with Gasteiger partial charge >= 0.3 is 0 Å². The maximum Gasteiger partial charge on any atom is 0.259 e. The number of pyridine rings is 1. The zero-order valence-corrected chi connectivity index (χ0v) is 15.8. The van der Waals surface area contributed by atoms with E-state index < -0.39 is 0 Å². The molecule has 1 aromatic heterocycles. The standard InChI is InChI=1S/C14H12Br3N3O/c1-2-18-13-9(4-3-5-19-13)14(21)20-12-10(16)6-8(15)7-11(12)17/h3-7H,2H2,1H3,(H,18,19)(H,20,21). The first kappa shape index (κ1) is 16.5. The number of carbonyl (C=O) groups excluding carboxylic acids is 1. The molecule has 0 aliphatic heterocycles. The van der Waals surface area contributed by atoms with Crippen LogP contribution in [0, 0.1) is 0 Å². The van der Waals surface area contributed by atoms with E-state index in [4.69, 9.17) is 0 Å². The minimum atomic E-state index is -0.220. The van der Waals surface area contributed by atoms with E-state index in [-0.39, 0.29) is 5.91 Å². The summed E-state index contributed by atoms with van der Waals surface area (Å²) in [5, 5.41) is 5.97. The summed E-state index contributed by atoms with van der Waals surface area (Å²) in [6.45, 7) is 2.65. The van der Waals surface area contributed by atoms with Crippen LogP contribution >= 0.6 is 47.8 Å². The number of anilines is 2. The van der Waals surface area contributed by atoms with Crippen molar-refractivity contribution in [1.82, 2.24) is 4.98 Å². The molecule has 0 spiro atoms. The Labute approximate surface area is 148 Å². The Morgan fingerprint density at radius 3 is 2.52 bits per heavy atom. The van der Waals surface area contributed by atoms with E-state index in [0.717, 1.165) is 13.4 Å². The monoisotopic (exact) mass is 475 g/mol. The van der Waals surface area contributed by atoms with Crippen molar-refractivity contribution < 1.29 is 4.79 Å². The highest BCUT2D eigenvalue weighted by molar-refractivity contribution is 9.11. The summed E-state index contributed by atoms with van der Waals surface area (Å²) >= 11 is 10.3. The lowest BCUT2D eigenvalue weighted by Gasteiger charge is -2.12. The summed E-state index contributed by atoms with van der Waals surface area (Å²) in [7, 11) is 0. The van der Waals surface area contributed by atoms with Gasteiger partial charge in [-0.1, -0.05) is 15.9 Å². The summed E-state index contributed by atoms with van der Waals surface area (Å²) in [4.78, 5) is 16.6. The quantitative estimate of drug-likeness (QED) is 0.647. The molecular weight excluding hydrogens is 466 g/mol. The maximum atomic E-state index is 12.5. The Kier molecular flexibility index (Phi) is 5.78. The predicted molar refractivity (Wildman–Crippen MR) is 95.9 cm³/mol. The van der Waals surface area contributed by atoms with E-state index in [1.807, 2.05) is 19.1 Å². The summed E-state index contributed by atoms with van der Waals surface area (Å²) in [5.74, 6) is 0.352. The van der Waals surface area contributed by atoms with Gasteiger partial charge in [0.1, 0.15) is 5.82 Å². The van der Waals surface area contributed by atoms with Crippen LogP contribution in [0.1, 0.15) is 17.3 Å². The minimum Gasteiger partial charge on any atom is -0.370 e. The molecule has 0 fully saturated rings. The third-order valence-electron chi connectivity index (χ3n) is 2.64. The number of rotatable bonds is 4. The first-order valence-corrected chi connectivity index (χ1v) is 8.55. The van der Waals surface area contributed by atoms with Crippen molar-refractivity contribution in [2.75, 3.05) is 17.2 Å². The van der Waals surface area contributed by atoms with Gasteiger partial charge in [0.25, 0.3) is 5.91 Å². The zero-order chi connectivity index (χ0) is 15.4. The van der Waals surface area contributed by atoms with Crippen LogP contribution in [0.4, 0.5) is 11.5 Å². The van der Waals surface area contributed by atoms with Crippen LogP contribution in [0.25, 0.3) is 0 Å². The zero-order valence-electron chi connectivity index (χ0n) is 11.1. The summed E-state index contributed by atoms with van der Waals surface area (Å²) in [6.07, 6.45) is 1.65. The highest BCUT2D eigenvalue weighted by Gasteiger charge is 2.15. The number of benzene rings is 1. The third-order valence-corrected chi connectivity index (χ3v) is 4.35. The van der Waals surface area contributed by atoms with Gasteiger partial charge in [-0.25, -0.2) is 4.98 Å². The van der Waals surface area contributed by atoms with Gasteiger partial charge in [-0.2, -0.15) is 0 Å². The van der Waals surface area contributed by atoms with Crippen molar-refractivity contribution in [3.63, 3.8) is 0 Å². The van der Waals surface area contributed by atoms with Crippen LogP contribution in [0.15, 0.2) is 43.9 Å². The number of amides is 1. The average Bonchev–Trinajstić information content (AvgIpc) is 2.43. The van der Waals surface area contributed by atoms with Gasteiger partial charge in [0.05, 0.1) is 11.3 Å². The van der Waals surface area contributed by atoms with Crippen LogP contribution in [0.3, 0.4) is 0 Å². The molecule has 0 unspecified atom stereocenters. The van der Waals surface area contributed by atoms with E-state index in [1.54, 1.807) is 18.3 Å². The van der Waals surface area contributed by atoms with Crippen molar-refractivity contribution in [3.8, 4) is 0 Å². The van der Waals surface area contributed by atoms with Crippen LogP contribution in [0.5, 0.6) is 0 Å². The number of carbonyl (C=O) groups is 1. The summed E-state index contributed by atoms with van der Waals surface area (Å²) in [5.41, 5.74) is 1.18. The molecule has 2 N–H and O–H groups in total. The fourth-order valence-electron chi connectivity index (χ4n) is 1.74. The molecule has 0 saturated heterocycles. The Bertz CT molecular complexity index is 653. The summed E-state index contributed by atoms with van der Waals surface area (Å²) < 4.78 is 2.48. The van der Waals surface area contributed by atoms with Gasteiger partial charge < -0.3 is 10.6 Å². The number of halogens is 3. The molecule has 1 heterocycles. The predicted octanol–water partition coefficient (Wildman–Crippen LogP) is 5.05. The lowest BCUT2D eigenvalue weighted by molar-refractivity contribution is 0.102. The topological polar surface area (TPSA) is 54.0 Å². The molecule has 0 aliphatic rings. The van der Waals surface area contributed by atoms with Crippen LogP contribution in [-0.4, -0.2) is 17.4 Å². The Hall–Kier alpha value is -0.920. The van der Waals surface area contributed by atoms with Crippen molar-refractivity contribution in [2.45, 2.75) is 6.92 Å². The molecule has 0 radical (unpaired) electrons. The highest BCUT2D eigenvalue weighted by atomic mass is 79.9. The highest BCUT2D eigenvalue weighted by Crippen LogP contribution is 2.34. The molecule has 2 aromatic rings. The molecule has 2 rings (SSSR count). The van der Waals surface area contributed by atoms with Gasteiger partial charge in [-0.3, -0.25) is 4.79 Å².